The molecule has 0 atom stereocenters. The summed E-state index contributed by atoms with van der Waals surface area (Å²) in [7, 11) is 0. The van der Waals surface area contributed by atoms with Crippen LogP contribution in [0.1, 0.15) is 16.1 Å². The molecule has 0 unspecified atom stereocenters. The van der Waals surface area contributed by atoms with E-state index in [2.05, 4.69) is 38.9 Å². The number of hydrogen-bond acceptors (Lipinski definition) is 5. The molecule has 25 heavy (non-hydrogen) atoms. The molecule has 1 N–H and O–H groups in total. The monoisotopic (exact) mass is 478 g/mol. The van der Waals surface area contributed by atoms with Crippen molar-refractivity contribution in [2.24, 2.45) is 0 Å². The molecule has 0 bridgehead atoms. The van der Waals surface area contributed by atoms with Crippen molar-refractivity contribution in [3.63, 3.8) is 0 Å². The number of thiophene rings is 1. The summed E-state index contributed by atoms with van der Waals surface area (Å²) >= 11 is 3.03. The molecular formula is C18H13IN3OS2-. The second-order valence-electron chi connectivity index (χ2n) is 5.32. The number of nitrogens with one attached hydrogen (secondary N) is 1. The summed E-state index contributed by atoms with van der Waals surface area (Å²) in [5, 5.41) is 5.54. The molecule has 0 radical (unpaired) electrons. The van der Waals surface area contributed by atoms with Crippen molar-refractivity contribution in [2.45, 2.75) is 6.92 Å². The molecule has 0 saturated carbocycles. The minimum absolute atomic E-state index is 0.219. The van der Waals surface area contributed by atoms with Crippen molar-refractivity contribution >= 4 is 43.9 Å². The summed E-state index contributed by atoms with van der Waals surface area (Å²) < 4.78 is 3.66. The van der Waals surface area contributed by atoms with E-state index in [1.807, 2.05) is 31.3 Å². The van der Waals surface area contributed by atoms with Crippen LogP contribution in [0.25, 0.3) is 10.2 Å². The van der Waals surface area contributed by atoms with Gasteiger partial charge in [0.2, 0.25) is 0 Å². The molecule has 4 nitrogen and oxygen atoms in total. The molecule has 0 saturated heterocycles. The van der Waals surface area contributed by atoms with Crippen LogP contribution in [0.5, 0.6) is 0 Å². The Bertz CT molecular complexity index is 1030. The predicted octanol–water partition coefficient (Wildman–Crippen LogP) is 1.44. The third-order valence-electron chi connectivity index (χ3n) is 3.41. The Morgan fingerprint density at radius 2 is 2.12 bits per heavy atom. The molecule has 1 amide bonds. The third-order valence-corrected chi connectivity index (χ3v) is 8.43. The molecule has 4 aromatic rings. The van der Waals surface area contributed by atoms with Gasteiger partial charge in [-0.1, -0.05) is 0 Å². The summed E-state index contributed by atoms with van der Waals surface area (Å²) in [5.41, 5.74) is 2.49. The number of rotatable bonds is 4. The topological polar surface area (TPSA) is 54.9 Å². The maximum absolute atomic E-state index is 12.4. The van der Waals surface area contributed by atoms with E-state index in [1.54, 1.807) is 17.4 Å². The van der Waals surface area contributed by atoms with Gasteiger partial charge in [-0.3, -0.25) is 0 Å². The van der Waals surface area contributed by atoms with Crippen LogP contribution in [0.15, 0.2) is 54.0 Å². The van der Waals surface area contributed by atoms with Gasteiger partial charge in [0.05, 0.1) is 0 Å². The van der Waals surface area contributed by atoms with Crippen molar-refractivity contribution in [1.29, 1.82) is 0 Å². The molecule has 4 rings (SSSR count). The number of amides is 1. The van der Waals surface area contributed by atoms with Crippen molar-refractivity contribution in [3.8, 4) is 0 Å². The van der Waals surface area contributed by atoms with Crippen LogP contribution < -0.4 is 26.5 Å². The van der Waals surface area contributed by atoms with Gasteiger partial charge in [-0.05, 0) is 0 Å². The van der Waals surface area contributed by atoms with Crippen LogP contribution in [0.2, 0.25) is 0 Å². The van der Waals surface area contributed by atoms with Crippen molar-refractivity contribution in [1.82, 2.24) is 9.97 Å². The summed E-state index contributed by atoms with van der Waals surface area (Å²) in [6.45, 7) is 2.04. The maximum atomic E-state index is 12.4. The summed E-state index contributed by atoms with van der Waals surface area (Å²) in [6, 6.07) is 14.1. The molecule has 0 aliphatic heterocycles. The number of carbonyl (C=O) groups excluding carboxylic acids is 1. The molecule has 0 aliphatic rings. The standard InChI is InChI=1S/C18H13IN3OS2/c1-11-4-6-13-15(9-11)25-18(21-13)22-17(23)14-7-5-12(10-20-14)19-16-3-2-8-24-16/h2-10H,1H3,(H,21,22,23)/q-1. The number of aryl methyl sites for hydroxylation is 1. The number of carbonyl (C=O) groups is 1. The van der Waals surface area contributed by atoms with E-state index in [4.69, 9.17) is 0 Å². The van der Waals surface area contributed by atoms with Crippen LogP contribution in [-0.4, -0.2) is 15.9 Å². The van der Waals surface area contributed by atoms with Crippen LogP contribution in [-0.2, 0) is 0 Å². The Hall–Kier alpha value is -1.84. The van der Waals surface area contributed by atoms with Gasteiger partial charge in [0.1, 0.15) is 0 Å². The van der Waals surface area contributed by atoms with E-state index in [0.29, 0.717) is 10.8 Å². The Kier molecular flexibility index (Phi) is 4.78. The summed E-state index contributed by atoms with van der Waals surface area (Å²) in [4.78, 5) is 21.2. The predicted molar refractivity (Wildman–Crippen MR) is 98.3 cm³/mol. The SMILES string of the molecule is Cc1ccc2nc(NC(=O)c3ccc([I-]c4cccs4)cn3)sc2c1. The van der Waals surface area contributed by atoms with Gasteiger partial charge in [0, 0.05) is 0 Å². The number of anilines is 1. The van der Waals surface area contributed by atoms with Crippen LogP contribution in [0.3, 0.4) is 0 Å². The Balaban J connectivity index is 1.48. The number of pyridine rings is 1. The van der Waals surface area contributed by atoms with Crippen molar-refractivity contribution in [2.75, 3.05) is 5.32 Å². The number of thiazole rings is 1. The van der Waals surface area contributed by atoms with Gasteiger partial charge in [0.25, 0.3) is 0 Å². The molecule has 7 heteroatoms. The molecule has 126 valence electrons. The summed E-state index contributed by atoms with van der Waals surface area (Å²) in [6.07, 6.45) is 1.81. The second-order valence-corrected chi connectivity index (χ2v) is 11.0. The van der Waals surface area contributed by atoms with Gasteiger partial charge in [-0.15, -0.1) is 0 Å². The first kappa shape index (κ1) is 16.6. The van der Waals surface area contributed by atoms with Gasteiger partial charge in [-0.25, -0.2) is 0 Å². The molecule has 1 aromatic carbocycles. The van der Waals surface area contributed by atoms with Crippen LogP contribution in [0, 0.1) is 13.4 Å². The van der Waals surface area contributed by atoms with Gasteiger partial charge in [-0.2, -0.15) is 0 Å². The van der Waals surface area contributed by atoms with E-state index in [-0.39, 0.29) is 27.1 Å². The fourth-order valence-electron chi connectivity index (χ4n) is 2.23. The molecule has 3 aromatic heterocycles. The Labute approximate surface area is 163 Å². The zero-order chi connectivity index (χ0) is 17.2. The average molecular weight is 478 g/mol. The third kappa shape index (κ3) is 3.88. The van der Waals surface area contributed by atoms with Crippen LogP contribution in [0.4, 0.5) is 5.13 Å². The van der Waals surface area contributed by atoms with Crippen molar-refractivity contribution < 1.29 is 26.0 Å². The van der Waals surface area contributed by atoms with Crippen LogP contribution >= 0.6 is 22.7 Å². The van der Waals surface area contributed by atoms with Gasteiger partial charge >= 0.3 is 164 Å². The number of nitrogens with zero attached hydrogens (tertiary/aromatic N) is 2. The fourth-order valence-corrected chi connectivity index (χ4v) is 6.74. The number of benzene rings is 1. The minimum atomic E-state index is -0.225. The van der Waals surface area contributed by atoms with E-state index in [1.165, 1.54) is 23.4 Å². The van der Waals surface area contributed by atoms with Gasteiger partial charge < -0.3 is 0 Å². The zero-order valence-corrected chi connectivity index (χ0v) is 17.0. The number of hydrogen-bond donors (Lipinski definition) is 1. The molecule has 0 fully saturated rings. The fraction of sp³-hybridized carbons (Fsp3) is 0.0556. The molecule has 3 heterocycles. The summed E-state index contributed by atoms with van der Waals surface area (Å²) in [5.74, 6) is -0.225. The first-order chi connectivity index (χ1) is 12.2. The number of fused-ring (bicyclic) bond motifs is 1. The van der Waals surface area contributed by atoms with E-state index in [9.17, 15) is 4.79 Å². The van der Waals surface area contributed by atoms with Gasteiger partial charge in [0.15, 0.2) is 0 Å². The Morgan fingerprint density at radius 3 is 2.88 bits per heavy atom. The van der Waals surface area contributed by atoms with E-state index in [0.717, 1.165) is 10.2 Å². The Morgan fingerprint density at radius 1 is 1.20 bits per heavy atom. The number of halogens is 1. The quantitative estimate of drug-likeness (QED) is 0.452. The first-order valence-electron chi connectivity index (χ1n) is 7.50. The second kappa shape index (κ2) is 7.19. The number of aromatic nitrogens is 2. The van der Waals surface area contributed by atoms with E-state index >= 15 is 0 Å². The molecular weight excluding hydrogens is 465 g/mol. The van der Waals surface area contributed by atoms with Crippen molar-refractivity contribution in [3.05, 3.63) is 71.8 Å². The zero-order valence-electron chi connectivity index (χ0n) is 13.2. The van der Waals surface area contributed by atoms with E-state index < -0.39 is 0 Å². The molecule has 0 spiro atoms. The average Bonchev–Trinajstić information content (AvgIpc) is 3.24. The first-order valence-corrected chi connectivity index (χ1v) is 11.4. The normalized spacial score (nSPS) is 11.1. The molecule has 0 aliphatic carbocycles.